The standard InChI is InChI=1S/C15H15FN2O3/c16-13-10-17-6-5-12(13)15(20)18-9-11-3-1-2-4-14(11)21-8-7-19/h1-6,10,19H,7-9H2,(H,18,20). The number of amides is 1. The number of hydrogen-bond acceptors (Lipinski definition) is 4. The number of nitrogens with one attached hydrogen (secondary N) is 1. The van der Waals surface area contributed by atoms with Crippen LogP contribution in [0.1, 0.15) is 15.9 Å². The van der Waals surface area contributed by atoms with E-state index in [1.165, 1.54) is 12.3 Å². The van der Waals surface area contributed by atoms with E-state index in [1.807, 2.05) is 0 Å². The van der Waals surface area contributed by atoms with Gasteiger partial charge in [0, 0.05) is 18.3 Å². The molecule has 0 aliphatic carbocycles. The second kappa shape index (κ2) is 7.35. The van der Waals surface area contributed by atoms with Gasteiger partial charge in [0.2, 0.25) is 0 Å². The summed E-state index contributed by atoms with van der Waals surface area (Å²) < 4.78 is 18.8. The first-order chi connectivity index (χ1) is 10.2. The summed E-state index contributed by atoms with van der Waals surface area (Å²) in [6.45, 7) is 0.273. The van der Waals surface area contributed by atoms with Crippen LogP contribution in [0.2, 0.25) is 0 Å². The Morgan fingerprint density at radius 1 is 1.33 bits per heavy atom. The Balaban J connectivity index is 2.03. The first-order valence-electron chi connectivity index (χ1n) is 6.41. The van der Waals surface area contributed by atoms with Gasteiger partial charge < -0.3 is 15.2 Å². The van der Waals surface area contributed by atoms with Crippen LogP contribution in [0, 0.1) is 5.82 Å². The highest BCUT2D eigenvalue weighted by molar-refractivity contribution is 5.94. The zero-order valence-corrected chi connectivity index (χ0v) is 11.3. The Bertz CT molecular complexity index is 619. The molecule has 1 aromatic carbocycles. The van der Waals surface area contributed by atoms with Gasteiger partial charge in [0.05, 0.1) is 18.4 Å². The molecular weight excluding hydrogens is 275 g/mol. The van der Waals surface area contributed by atoms with Crippen molar-refractivity contribution in [2.75, 3.05) is 13.2 Å². The fourth-order valence-corrected chi connectivity index (χ4v) is 1.78. The summed E-state index contributed by atoms with van der Waals surface area (Å²) >= 11 is 0. The number of aromatic nitrogens is 1. The van der Waals surface area contributed by atoms with Crippen LogP contribution in [-0.4, -0.2) is 29.2 Å². The fourth-order valence-electron chi connectivity index (χ4n) is 1.78. The lowest BCUT2D eigenvalue weighted by Crippen LogP contribution is -2.24. The summed E-state index contributed by atoms with van der Waals surface area (Å²) in [5.41, 5.74) is 0.688. The lowest BCUT2D eigenvalue weighted by molar-refractivity contribution is 0.0946. The third-order valence-corrected chi connectivity index (χ3v) is 2.78. The van der Waals surface area contributed by atoms with E-state index in [-0.39, 0.29) is 25.3 Å². The van der Waals surface area contributed by atoms with Gasteiger partial charge in [-0.2, -0.15) is 0 Å². The number of carbonyl (C=O) groups excluding carboxylic acids is 1. The number of pyridine rings is 1. The van der Waals surface area contributed by atoms with Crippen LogP contribution >= 0.6 is 0 Å². The highest BCUT2D eigenvalue weighted by Gasteiger charge is 2.11. The molecule has 1 aromatic heterocycles. The van der Waals surface area contributed by atoms with Crippen molar-refractivity contribution in [2.24, 2.45) is 0 Å². The van der Waals surface area contributed by atoms with Crippen LogP contribution in [0.4, 0.5) is 4.39 Å². The quantitative estimate of drug-likeness (QED) is 0.846. The van der Waals surface area contributed by atoms with Crippen LogP contribution < -0.4 is 10.1 Å². The van der Waals surface area contributed by atoms with E-state index in [1.54, 1.807) is 24.3 Å². The minimum Gasteiger partial charge on any atom is -0.491 e. The van der Waals surface area contributed by atoms with Crippen molar-refractivity contribution in [2.45, 2.75) is 6.54 Å². The Morgan fingerprint density at radius 2 is 2.14 bits per heavy atom. The van der Waals surface area contributed by atoms with Crippen molar-refractivity contribution < 1.29 is 19.0 Å². The number of aliphatic hydroxyl groups excluding tert-OH is 1. The van der Waals surface area contributed by atoms with Crippen LogP contribution in [-0.2, 0) is 6.54 Å². The number of ether oxygens (including phenoxy) is 1. The fraction of sp³-hybridized carbons (Fsp3) is 0.200. The molecule has 2 N–H and O–H groups in total. The van der Waals surface area contributed by atoms with Gasteiger partial charge in [0.15, 0.2) is 5.82 Å². The average molecular weight is 290 g/mol. The first-order valence-corrected chi connectivity index (χ1v) is 6.41. The normalized spacial score (nSPS) is 10.2. The molecule has 0 radical (unpaired) electrons. The van der Waals surface area contributed by atoms with Gasteiger partial charge in [-0.1, -0.05) is 18.2 Å². The lowest BCUT2D eigenvalue weighted by atomic mass is 10.2. The van der Waals surface area contributed by atoms with Crippen molar-refractivity contribution in [1.29, 1.82) is 0 Å². The maximum Gasteiger partial charge on any atom is 0.254 e. The number of rotatable bonds is 6. The van der Waals surface area contributed by atoms with Crippen molar-refractivity contribution in [3.05, 3.63) is 59.7 Å². The lowest BCUT2D eigenvalue weighted by Gasteiger charge is -2.11. The van der Waals surface area contributed by atoms with Gasteiger partial charge in [0.25, 0.3) is 5.91 Å². The summed E-state index contributed by atoms with van der Waals surface area (Å²) in [6, 6.07) is 8.44. The number of benzene rings is 1. The molecule has 0 atom stereocenters. The second-order valence-corrected chi connectivity index (χ2v) is 4.22. The van der Waals surface area contributed by atoms with Crippen LogP contribution in [0.5, 0.6) is 5.75 Å². The molecule has 6 heteroatoms. The Kier molecular flexibility index (Phi) is 5.22. The Morgan fingerprint density at radius 3 is 2.90 bits per heavy atom. The maximum absolute atomic E-state index is 13.4. The zero-order chi connectivity index (χ0) is 15.1. The molecule has 0 saturated heterocycles. The van der Waals surface area contributed by atoms with E-state index in [0.717, 1.165) is 11.8 Å². The van der Waals surface area contributed by atoms with Crippen LogP contribution in [0.3, 0.4) is 0 Å². The monoisotopic (exact) mass is 290 g/mol. The van der Waals surface area contributed by atoms with E-state index in [4.69, 9.17) is 9.84 Å². The van der Waals surface area contributed by atoms with Crippen molar-refractivity contribution in [1.82, 2.24) is 10.3 Å². The van der Waals surface area contributed by atoms with E-state index in [0.29, 0.717) is 5.75 Å². The molecule has 21 heavy (non-hydrogen) atoms. The number of para-hydroxylation sites is 1. The Hall–Kier alpha value is -2.47. The van der Waals surface area contributed by atoms with Gasteiger partial charge in [-0.15, -0.1) is 0 Å². The molecule has 1 heterocycles. The Labute approximate surface area is 121 Å². The number of nitrogens with zero attached hydrogens (tertiary/aromatic N) is 1. The van der Waals surface area contributed by atoms with Gasteiger partial charge in [-0.3, -0.25) is 9.78 Å². The molecule has 2 aromatic rings. The molecule has 0 aliphatic heterocycles. The van der Waals surface area contributed by atoms with Crippen LogP contribution in [0.15, 0.2) is 42.7 Å². The summed E-state index contributed by atoms with van der Waals surface area (Å²) in [4.78, 5) is 15.5. The highest BCUT2D eigenvalue weighted by Crippen LogP contribution is 2.17. The van der Waals surface area contributed by atoms with Crippen molar-refractivity contribution in [3.63, 3.8) is 0 Å². The van der Waals surface area contributed by atoms with Crippen molar-refractivity contribution >= 4 is 5.91 Å². The number of halogens is 1. The topological polar surface area (TPSA) is 71.5 Å². The molecule has 0 spiro atoms. The van der Waals surface area contributed by atoms with E-state index in [9.17, 15) is 9.18 Å². The van der Waals surface area contributed by atoms with Crippen molar-refractivity contribution in [3.8, 4) is 5.75 Å². The van der Waals surface area contributed by atoms with Crippen LogP contribution in [0.25, 0.3) is 0 Å². The summed E-state index contributed by atoms with van der Waals surface area (Å²) in [5.74, 6) is -0.617. The predicted molar refractivity (Wildman–Crippen MR) is 74.4 cm³/mol. The molecule has 2 rings (SSSR count). The molecule has 0 saturated carbocycles. The summed E-state index contributed by atoms with van der Waals surface area (Å²) in [6.07, 6.45) is 2.35. The smallest absolute Gasteiger partial charge is 0.254 e. The maximum atomic E-state index is 13.4. The molecule has 1 amide bonds. The van der Waals surface area contributed by atoms with E-state index >= 15 is 0 Å². The summed E-state index contributed by atoms with van der Waals surface area (Å²) in [7, 11) is 0. The molecule has 0 bridgehead atoms. The number of hydrogen-bond donors (Lipinski definition) is 2. The third kappa shape index (κ3) is 4.00. The molecule has 0 fully saturated rings. The minimum atomic E-state index is -0.667. The molecule has 0 aliphatic rings. The minimum absolute atomic E-state index is 0.0567. The molecular formula is C15H15FN2O3. The van der Waals surface area contributed by atoms with E-state index in [2.05, 4.69) is 10.3 Å². The second-order valence-electron chi connectivity index (χ2n) is 4.22. The van der Waals surface area contributed by atoms with Gasteiger partial charge in [-0.25, -0.2) is 4.39 Å². The molecule has 5 nitrogen and oxygen atoms in total. The summed E-state index contributed by atoms with van der Waals surface area (Å²) in [5, 5.41) is 11.4. The number of carbonyl (C=O) groups is 1. The third-order valence-electron chi connectivity index (χ3n) is 2.78. The predicted octanol–water partition coefficient (Wildman–Crippen LogP) is 1.52. The molecule has 0 unspecified atom stereocenters. The SMILES string of the molecule is O=C(NCc1ccccc1OCCO)c1ccncc1F. The first kappa shape index (κ1) is 14.9. The molecule has 110 valence electrons. The van der Waals surface area contributed by atoms with E-state index < -0.39 is 11.7 Å². The van der Waals surface area contributed by atoms with Gasteiger partial charge >= 0.3 is 0 Å². The number of aliphatic hydroxyl groups is 1. The average Bonchev–Trinajstić information content (AvgIpc) is 2.52. The van der Waals surface area contributed by atoms with Gasteiger partial charge in [0.1, 0.15) is 12.4 Å². The van der Waals surface area contributed by atoms with Gasteiger partial charge in [-0.05, 0) is 12.1 Å². The highest BCUT2D eigenvalue weighted by atomic mass is 19.1. The largest absolute Gasteiger partial charge is 0.491 e. The zero-order valence-electron chi connectivity index (χ0n) is 11.3.